The molecule has 0 bridgehead atoms. The molecule has 0 radical (unpaired) electrons. The number of phenolic OH excluding ortho intramolecular Hbond substituents is 1. The van der Waals surface area contributed by atoms with Crippen LogP contribution in [0.4, 0.5) is 5.69 Å². The zero-order chi connectivity index (χ0) is 27.4. The molecule has 0 saturated heterocycles. The summed E-state index contributed by atoms with van der Waals surface area (Å²) < 4.78 is 18.5. The zero-order valence-electron chi connectivity index (χ0n) is 22.4. The van der Waals surface area contributed by atoms with E-state index in [1.54, 1.807) is 0 Å². The van der Waals surface area contributed by atoms with Crippen LogP contribution in [-0.2, 0) is 12.8 Å². The summed E-state index contributed by atoms with van der Waals surface area (Å²) in [6.07, 6.45) is 3.29. The molecule has 5 N–H and O–H groups in total. The summed E-state index contributed by atoms with van der Waals surface area (Å²) in [7, 11) is 0. The Hall–Kier alpha value is -4.39. The highest BCUT2D eigenvalue weighted by molar-refractivity contribution is 5.96. The molecule has 4 aromatic carbocycles. The molecule has 1 aliphatic heterocycles. The molecule has 1 atom stereocenters. The van der Waals surface area contributed by atoms with Crippen molar-refractivity contribution in [2.75, 3.05) is 13.2 Å². The van der Waals surface area contributed by atoms with Crippen LogP contribution in [0.2, 0.25) is 0 Å². The number of hydrogen-bond acceptors (Lipinski definition) is 5. The maximum Gasteiger partial charge on any atom is 0.191 e. The second-order valence-electron chi connectivity index (χ2n) is 10.3. The fourth-order valence-electron chi connectivity index (χ4n) is 5.04. The lowest BCUT2D eigenvalue weighted by molar-refractivity contribution is 0.0437. The van der Waals surface area contributed by atoms with Gasteiger partial charge in [0.25, 0.3) is 0 Å². The van der Waals surface area contributed by atoms with Crippen molar-refractivity contribution < 1.29 is 19.3 Å². The third kappa shape index (κ3) is 6.03. The molecule has 0 spiro atoms. The molecule has 5 rings (SSSR count). The quantitative estimate of drug-likeness (QED) is 0.184. The first-order valence-corrected chi connectivity index (χ1v) is 13.3. The Kier molecular flexibility index (Phi) is 7.50. The lowest BCUT2D eigenvalue weighted by Gasteiger charge is -2.37. The van der Waals surface area contributed by atoms with Crippen LogP contribution in [0.1, 0.15) is 36.5 Å². The highest BCUT2D eigenvalue weighted by Crippen LogP contribution is 2.45. The molecule has 0 aliphatic carbocycles. The predicted molar refractivity (Wildman–Crippen MR) is 155 cm³/mol. The summed E-state index contributed by atoms with van der Waals surface area (Å²) >= 11 is 0. The molecular weight excluding hydrogens is 490 g/mol. The number of nitrogens with zero attached hydrogens (tertiary/aromatic N) is 1. The first kappa shape index (κ1) is 26.2. The van der Waals surface area contributed by atoms with Gasteiger partial charge in [-0.3, -0.25) is 0 Å². The van der Waals surface area contributed by atoms with E-state index >= 15 is 0 Å². The molecule has 0 amide bonds. The first-order chi connectivity index (χ1) is 18.8. The van der Waals surface area contributed by atoms with Crippen molar-refractivity contribution in [2.24, 2.45) is 16.5 Å². The number of rotatable bonds is 9. The number of fused-ring (bicyclic) bond motifs is 3. The SMILES string of the molecule is Cc1c2c(c3ccccc3c1O)OC(C)(CCOc1ccc(CCOc3ccc(N=C(N)N)cc3)cc1)CC2. The maximum absolute atomic E-state index is 10.7. The van der Waals surface area contributed by atoms with Gasteiger partial charge < -0.3 is 30.8 Å². The van der Waals surface area contributed by atoms with Crippen molar-refractivity contribution in [1.29, 1.82) is 0 Å². The molecule has 7 heteroatoms. The average molecular weight is 526 g/mol. The van der Waals surface area contributed by atoms with Gasteiger partial charge in [0.15, 0.2) is 5.96 Å². The van der Waals surface area contributed by atoms with Gasteiger partial charge >= 0.3 is 0 Å². The summed E-state index contributed by atoms with van der Waals surface area (Å²) in [5.74, 6) is 2.88. The summed E-state index contributed by atoms with van der Waals surface area (Å²) in [6, 6.07) is 23.3. The van der Waals surface area contributed by atoms with E-state index in [1.807, 2.05) is 67.6 Å². The molecule has 39 heavy (non-hydrogen) atoms. The fraction of sp³-hybridized carbons (Fsp3) is 0.281. The lowest BCUT2D eigenvalue weighted by Crippen LogP contribution is -2.38. The minimum atomic E-state index is -0.335. The number of phenols is 1. The van der Waals surface area contributed by atoms with Crippen molar-refractivity contribution in [3.63, 3.8) is 0 Å². The van der Waals surface area contributed by atoms with Crippen molar-refractivity contribution >= 4 is 22.4 Å². The van der Waals surface area contributed by atoms with Gasteiger partial charge in [0.05, 0.1) is 18.9 Å². The molecule has 0 fully saturated rings. The summed E-state index contributed by atoms with van der Waals surface area (Å²) in [4.78, 5) is 4.00. The highest BCUT2D eigenvalue weighted by Gasteiger charge is 2.34. The van der Waals surface area contributed by atoms with E-state index in [9.17, 15) is 5.11 Å². The van der Waals surface area contributed by atoms with E-state index in [0.29, 0.717) is 24.7 Å². The Bertz CT molecular complexity index is 1480. The lowest BCUT2D eigenvalue weighted by atomic mass is 9.86. The van der Waals surface area contributed by atoms with E-state index in [1.165, 1.54) is 5.56 Å². The minimum absolute atomic E-state index is 0.0316. The number of nitrogens with two attached hydrogens (primary N) is 2. The molecule has 1 heterocycles. The monoisotopic (exact) mass is 525 g/mol. The number of hydrogen-bond donors (Lipinski definition) is 3. The topological polar surface area (TPSA) is 112 Å². The summed E-state index contributed by atoms with van der Waals surface area (Å²) in [5.41, 5.74) is 14.3. The van der Waals surface area contributed by atoms with E-state index < -0.39 is 0 Å². The van der Waals surface area contributed by atoms with Gasteiger partial charge in [-0.1, -0.05) is 36.4 Å². The van der Waals surface area contributed by atoms with Crippen LogP contribution in [0, 0.1) is 6.92 Å². The zero-order valence-corrected chi connectivity index (χ0v) is 22.4. The molecule has 0 saturated carbocycles. The van der Waals surface area contributed by atoms with Crippen LogP contribution in [0.5, 0.6) is 23.0 Å². The minimum Gasteiger partial charge on any atom is -0.507 e. The van der Waals surface area contributed by atoms with Crippen LogP contribution < -0.4 is 25.7 Å². The van der Waals surface area contributed by atoms with Gasteiger partial charge in [-0.2, -0.15) is 0 Å². The third-order valence-corrected chi connectivity index (χ3v) is 7.34. The molecular formula is C32H35N3O4. The number of aliphatic imine (C=N–C) groups is 1. The maximum atomic E-state index is 10.7. The Morgan fingerprint density at radius 2 is 1.56 bits per heavy atom. The average Bonchev–Trinajstić information content (AvgIpc) is 2.93. The van der Waals surface area contributed by atoms with Gasteiger partial charge in [-0.15, -0.1) is 0 Å². The van der Waals surface area contributed by atoms with Gasteiger partial charge in [0.2, 0.25) is 0 Å². The van der Waals surface area contributed by atoms with E-state index in [4.69, 9.17) is 25.7 Å². The first-order valence-electron chi connectivity index (χ1n) is 13.3. The number of benzene rings is 4. The van der Waals surface area contributed by atoms with E-state index in [0.717, 1.165) is 64.8 Å². The Balaban J connectivity index is 1.12. The van der Waals surface area contributed by atoms with E-state index in [2.05, 4.69) is 24.0 Å². The Morgan fingerprint density at radius 1 is 0.923 bits per heavy atom. The number of guanidine groups is 1. The number of aromatic hydroxyl groups is 1. The third-order valence-electron chi connectivity index (χ3n) is 7.34. The van der Waals surface area contributed by atoms with Gasteiger partial charge in [0, 0.05) is 29.2 Å². The largest absolute Gasteiger partial charge is 0.507 e. The van der Waals surface area contributed by atoms with Crippen LogP contribution in [0.25, 0.3) is 10.8 Å². The predicted octanol–water partition coefficient (Wildman–Crippen LogP) is 5.93. The van der Waals surface area contributed by atoms with Crippen LogP contribution in [-0.4, -0.2) is 29.9 Å². The van der Waals surface area contributed by atoms with Gasteiger partial charge in [0.1, 0.15) is 28.6 Å². The Labute approximate surface area is 229 Å². The molecule has 1 unspecified atom stereocenters. The fourth-order valence-corrected chi connectivity index (χ4v) is 5.04. The van der Waals surface area contributed by atoms with Crippen LogP contribution in [0.15, 0.2) is 77.8 Å². The van der Waals surface area contributed by atoms with E-state index in [-0.39, 0.29) is 11.6 Å². The standard InChI is InChI=1S/C32H35N3O4/c1-21-26-15-17-32(2,39-30(26)28-6-4-3-5-27(28)29(21)36)18-20-38-24-11-7-22(8-12-24)16-19-37-25-13-9-23(10-14-25)35-31(33)34/h3-14,36H,15-20H2,1-2H3,(H4,33,34,35). The van der Waals surface area contributed by atoms with Crippen molar-refractivity contribution in [3.05, 3.63) is 89.5 Å². The molecule has 4 aromatic rings. The second-order valence-corrected chi connectivity index (χ2v) is 10.3. The van der Waals surface area contributed by atoms with Crippen molar-refractivity contribution in [2.45, 2.75) is 45.1 Å². The molecule has 202 valence electrons. The normalized spacial score (nSPS) is 16.3. The molecule has 1 aliphatic rings. The number of ether oxygens (including phenoxy) is 3. The van der Waals surface area contributed by atoms with Crippen LogP contribution in [0.3, 0.4) is 0 Å². The van der Waals surface area contributed by atoms with Crippen LogP contribution >= 0.6 is 0 Å². The van der Waals surface area contributed by atoms with Crippen molar-refractivity contribution in [3.8, 4) is 23.0 Å². The van der Waals surface area contributed by atoms with Gasteiger partial charge in [-0.25, -0.2) is 4.99 Å². The molecule has 7 nitrogen and oxygen atoms in total. The molecule has 0 aromatic heterocycles. The van der Waals surface area contributed by atoms with Gasteiger partial charge in [-0.05, 0) is 74.2 Å². The second kappa shape index (κ2) is 11.2. The smallest absolute Gasteiger partial charge is 0.191 e. The van der Waals surface area contributed by atoms with Crippen molar-refractivity contribution in [1.82, 2.24) is 0 Å². The highest BCUT2D eigenvalue weighted by atomic mass is 16.5. The Morgan fingerprint density at radius 3 is 2.26 bits per heavy atom. The summed E-state index contributed by atoms with van der Waals surface area (Å²) in [6.45, 7) is 5.23. The summed E-state index contributed by atoms with van der Waals surface area (Å²) in [5, 5.41) is 12.5.